The molecule has 138 valence electrons. The quantitative estimate of drug-likeness (QED) is 0.407. The molecular weight excluding hydrogens is 366 g/mol. The third-order valence-corrected chi connectivity index (χ3v) is 4.22. The average molecular weight is 377 g/mol. The highest BCUT2D eigenvalue weighted by atomic mass is 16.6. The fraction of sp³-hybridized carbons (Fsp3) is 0. The van der Waals surface area contributed by atoms with E-state index in [-0.39, 0.29) is 5.56 Å². The fourth-order valence-corrected chi connectivity index (χ4v) is 2.94. The maximum Gasteiger partial charge on any atom is 0.277 e. The molecule has 0 aliphatic heterocycles. The molecule has 0 saturated heterocycles. The summed E-state index contributed by atoms with van der Waals surface area (Å²) in [6.07, 6.45) is 0. The van der Waals surface area contributed by atoms with Gasteiger partial charge in [-0.25, -0.2) is 0 Å². The first kappa shape index (κ1) is 17.2. The van der Waals surface area contributed by atoms with Crippen molar-refractivity contribution in [3.8, 4) is 0 Å². The molecule has 1 heterocycles. The summed E-state index contributed by atoms with van der Waals surface area (Å²) in [6.45, 7) is 0. The van der Waals surface area contributed by atoms with Crippen LogP contribution in [-0.2, 0) is 0 Å². The lowest BCUT2D eigenvalue weighted by molar-refractivity contribution is -0.394. The molecule has 0 radical (unpaired) electrons. The van der Waals surface area contributed by atoms with Crippen LogP contribution in [0.3, 0.4) is 0 Å². The van der Waals surface area contributed by atoms with Crippen LogP contribution in [0.15, 0.2) is 65.1 Å². The first-order valence-electron chi connectivity index (χ1n) is 8.09. The highest BCUT2D eigenvalue weighted by Gasteiger charge is 2.20. The molecular formula is C19H11N3O6. The lowest BCUT2D eigenvalue weighted by Crippen LogP contribution is -2.12. The lowest BCUT2D eigenvalue weighted by atomic mass is 10.1. The zero-order valence-electron chi connectivity index (χ0n) is 14.1. The molecule has 3 aromatic carbocycles. The number of nitrogens with one attached hydrogen (secondary N) is 1. The lowest BCUT2D eigenvalue weighted by Gasteiger charge is -2.05. The number of carbonyl (C=O) groups is 1. The van der Waals surface area contributed by atoms with Crippen molar-refractivity contribution >= 4 is 44.9 Å². The van der Waals surface area contributed by atoms with Crippen molar-refractivity contribution in [3.63, 3.8) is 0 Å². The van der Waals surface area contributed by atoms with Gasteiger partial charge >= 0.3 is 0 Å². The summed E-state index contributed by atoms with van der Waals surface area (Å²) >= 11 is 0. The topological polar surface area (TPSA) is 129 Å². The van der Waals surface area contributed by atoms with Gasteiger partial charge in [-0.05, 0) is 24.3 Å². The number of hydrogen-bond acceptors (Lipinski definition) is 6. The Bertz CT molecular complexity index is 1250. The number of nitro benzene ring substituents is 2. The van der Waals surface area contributed by atoms with Gasteiger partial charge in [-0.15, -0.1) is 0 Å². The van der Waals surface area contributed by atoms with Gasteiger partial charge < -0.3 is 9.73 Å². The number of furan rings is 1. The predicted octanol–water partition coefficient (Wildman–Crippen LogP) is 4.65. The van der Waals surface area contributed by atoms with Crippen LogP contribution in [0.5, 0.6) is 0 Å². The molecule has 1 aromatic heterocycles. The summed E-state index contributed by atoms with van der Waals surface area (Å²) in [7, 11) is 0. The van der Waals surface area contributed by atoms with Crippen molar-refractivity contribution in [3.05, 3.63) is 86.5 Å². The minimum atomic E-state index is -0.784. The van der Waals surface area contributed by atoms with Crippen LogP contribution in [-0.4, -0.2) is 15.8 Å². The Morgan fingerprint density at radius 3 is 2.14 bits per heavy atom. The number of anilines is 1. The van der Waals surface area contributed by atoms with E-state index in [1.807, 2.05) is 24.3 Å². The second-order valence-corrected chi connectivity index (χ2v) is 6.02. The maximum absolute atomic E-state index is 12.5. The van der Waals surface area contributed by atoms with E-state index in [0.717, 1.165) is 29.0 Å². The van der Waals surface area contributed by atoms with Crippen molar-refractivity contribution in [2.24, 2.45) is 0 Å². The molecule has 1 N–H and O–H groups in total. The van der Waals surface area contributed by atoms with Crippen molar-refractivity contribution < 1.29 is 19.1 Å². The number of non-ortho nitro benzene ring substituents is 2. The number of para-hydroxylation sites is 1. The van der Waals surface area contributed by atoms with Crippen LogP contribution in [0.4, 0.5) is 17.1 Å². The van der Waals surface area contributed by atoms with Crippen LogP contribution < -0.4 is 5.32 Å². The summed E-state index contributed by atoms with van der Waals surface area (Å²) in [6, 6.07) is 15.3. The van der Waals surface area contributed by atoms with Crippen molar-refractivity contribution in [1.29, 1.82) is 0 Å². The molecule has 9 heteroatoms. The number of benzene rings is 3. The zero-order valence-corrected chi connectivity index (χ0v) is 14.1. The molecule has 0 fully saturated rings. The Balaban J connectivity index is 1.71. The minimum Gasteiger partial charge on any atom is -0.456 e. The number of amides is 1. The van der Waals surface area contributed by atoms with Gasteiger partial charge in [0.25, 0.3) is 17.3 Å². The highest BCUT2D eigenvalue weighted by molar-refractivity contribution is 6.09. The van der Waals surface area contributed by atoms with E-state index in [0.29, 0.717) is 16.9 Å². The Morgan fingerprint density at radius 2 is 1.46 bits per heavy atom. The summed E-state index contributed by atoms with van der Waals surface area (Å²) in [5.74, 6) is -0.695. The number of rotatable bonds is 4. The molecule has 0 unspecified atom stereocenters. The molecule has 9 nitrogen and oxygen atoms in total. The Labute approximate surface area is 156 Å². The maximum atomic E-state index is 12.5. The van der Waals surface area contributed by atoms with E-state index in [2.05, 4.69) is 5.32 Å². The Kier molecular flexibility index (Phi) is 3.96. The average Bonchev–Trinajstić information content (AvgIpc) is 3.05. The summed E-state index contributed by atoms with van der Waals surface area (Å²) in [5, 5.41) is 26.3. The summed E-state index contributed by atoms with van der Waals surface area (Å²) in [5.41, 5.74) is 0.531. The van der Waals surface area contributed by atoms with Gasteiger partial charge in [-0.3, -0.25) is 25.0 Å². The van der Waals surface area contributed by atoms with Gasteiger partial charge in [0.2, 0.25) is 0 Å². The molecule has 0 aliphatic carbocycles. The molecule has 4 aromatic rings. The normalized spacial score (nSPS) is 10.9. The number of hydrogen-bond donors (Lipinski definition) is 1. The van der Waals surface area contributed by atoms with E-state index >= 15 is 0 Å². The first-order chi connectivity index (χ1) is 13.4. The van der Waals surface area contributed by atoms with Gasteiger partial charge in [0.15, 0.2) is 0 Å². The second-order valence-electron chi connectivity index (χ2n) is 6.02. The minimum absolute atomic E-state index is 0.182. The monoisotopic (exact) mass is 377 g/mol. The van der Waals surface area contributed by atoms with Crippen molar-refractivity contribution in [2.75, 3.05) is 5.32 Å². The van der Waals surface area contributed by atoms with Gasteiger partial charge in [-0.1, -0.05) is 18.2 Å². The summed E-state index contributed by atoms with van der Waals surface area (Å²) < 4.78 is 5.72. The van der Waals surface area contributed by atoms with Crippen molar-refractivity contribution in [2.45, 2.75) is 0 Å². The largest absolute Gasteiger partial charge is 0.456 e. The SMILES string of the molecule is O=C(Nc1ccc2oc3ccccc3c2c1)c1cc([N+](=O)[O-])cc([N+](=O)[O-])c1. The van der Waals surface area contributed by atoms with Crippen molar-refractivity contribution in [1.82, 2.24) is 0 Å². The predicted molar refractivity (Wildman–Crippen MR) is 101 cm³/mol. The summed E-state index contributed by atoms with van der Waals surface area (Å²) in [4.78, 5) is 32.9. The smallest absolute Gasteiger partial charge is 0.277 e. The van der Waals surface area contributed by atoms with E-state index < -0.39 is 27.1 Å². The Hall–Kier alpha value is -4.27. The number of carbonyl (C=O) groups excluding carboxylic acids is 1. The molecule has 0 bridgehead atoms. The molecule has 0 aliphatic rings. The third-order valence-electron chi connectivity index (χ3n) is 4.22. The van der Waals surface area contributed by atoms with Crippen LogP contribution in [0.1, 0.15) is 10.4 Å². The standard InChI is InChI=1S/C19H11N3O6/c23-19(11-7-13(21(24)25)10-14(8-11)22(26)27)20-12-5-6-18-16(9-12)15-3-1-2-4-17(15)28-18/h1-10H,(H,20,23). The second kappa shape index (κ2) is 6.47. The van der Waals surface area contributed by atoms with Crippen LogP contribution >= 0.6 is 0 Å². The van der Waals surface area contributed by atoms with Gasteiger partial charge in [-0.2, -0.15) is 0 Å². The molecule has 28 heavy (non-hydrogen) atoms. The third kappa shape index (κ3) is 3.01. The number of nitro groups is 2. The van der Waals surface area contributed by atoms with Crippen LogP contribution in [0, 0.1) is 20.2 Å². The van der Waals surface area contributed by atoms with E-state index in [4.69, 9.17) is 4.42 Å². The molecule has 4 rings (SSSR count). The molecule has 0 spiro atoms. The van der Waals surface area contributed by atoms with Crippen LogP contribution in [0.25, 0.3) is 21.9 Å². The van der Waals surface area contributed by atoms with E-state index in [9.17, 15) is 25.0 Å². The van der Waals surface area contributed by atoms with Gasteiger partial charge in [0.05, 0.1) is 21.5 Å². The molecule has 0 saturated carbocycles. The Morgan fingerprint density at radius 1 is 0.821 bits per heavy atom. The van der Waals surface area contributed by atoms with Gasteiger partial charge in [0, 0.05) is 28.6 Å². The number of fused-ring (bicyclic) bond motifs is 3. The highest BCUT2D eigenvalue weighted by Crippen LogP contribution is 2.31. The number of nitrogens with zero attached hydrogens (tertiary/aromatic N) is 2. The van der Waals surface area contributed by atoms with E-state index in [1.165, 1.54) is 0 Å². The van der Waals surface area contributed by atoms with E-state index in [1.54, 1.807) is 18.2 Å². The molecule has 0 atom stereocenters. The fourth-order valence-electron chi connectivity index (χ4n) is 2.94. The molecule has 1 amide bonds. The zero-order chi connectivity index (χ0) is 19.8. The van der Waals surface area contributed by atoms with Gasteiger partial charge in [0.1, 0.15) is 11.2 Å². The van der Waals surface area contributed by atoms with Crippen LogP contribution in [0.2, 0.25) is 0 Å². The first-order valence-corrected chi connectivity index (χ1v) is 8.09.